The number of carbonyl (C=O) groups excluding carboxylic acids is 1. The zero-order valence-electron chi connectivity index (χ0n) is 8.89. The van der Waals surface area contributed by atoms with E-state index in [1.807, 2.05) is 0 Å². The molecule has 0 atom stereocenters. The van der Waals surface area contributed by atoms with Gasteiger partial charge in [-0.25, -0.2) is 9.78 Å². The maximum absolute atomic E-state index is 11.3. The highest BCUT2D eigenvalue weighted by atomic mass is 16.5. The Morgan fingerprint density at radius 3 is 3.00 bits per heavy atom. The van der Waals surface area contributed by atoms with Gasteiger partial charge in [-0.1, -0.05) is 0 Å². The Balaban J connectivity index is 2.70. The number of nitriles is 1. The average molecular weight is 215 g/mol. The Hall–Kier alpha value is -2.35. The van der Waals surface area contributed by atoms with Crippen LogP contribution < -0.4 is 0 Å². The molecule has 0 spiro atoms. The van der Waals surface area contributed by atoms with Gasteiger partial charge >= 0.3 is 5.97 Å². The predicted octanol–water partition coefficient (Wildman–Crippen LogP) is 1.23. The standard InChI is InChI=1S/C11H9N3O2/c1-14-6-8(4-12)9-3-7(11(15)16-2)5-13-10(9)14/h3,5-6H,1-2H3. The normalized spacial score (nSPS) is 10.1. The predicted molar refractivity (Wildman–Crippen MR) is 56.8 cm³/mol. The van der Waals surface area contributed by atoms with E-state index in [1.165, 1.54) is 13.3 Å². The SMILES string of the molecule is COC(=O)c1cnc2c(c1)c(C#N)cn2C. The van der Waals surface area contributed by atoms with Crippen molar-refractivity contribution in [2.24, 2.45) is 7.05 Å². The van der Waals surface area contributed by atoms with Gasteiger partial charge in [0.1, 0.15) is 11.7 Å². The maximum atomic E-state index is 11.3. The van der Waals surface area contributed by atoms with E-state index in [4.69, 9.17) is 5.26 Å². The lowest BCUT2D eigenvalue weighted by Gasteiger charge is -1.99. The van der Waals surface area contributed by atoms with Crippen LogP contribution in [-0.2, 0) is 11.8 Å². The van der Waals surface area contributed by atoms with Gasteiger partial charge in [0.25, 0.3) is 0 Å². The number of nitrogens with zero attached hydrogens (tertiary/aromatic N) is 3. The number of esters is 1. The van der Waals surface area contributed by atoms with Crippen molar-refractivity contribution in [1.29, 1.82) is 5.26 Å². The topological polar surface area (TPSA) is 67.9 Å². The molecule has 0 radical (unpaired) electrons. The van der Waals surface area contributed by atoms with E-state index in [1.54, 1.807) is 23.9 Å². The summed E-state index contributed by atoms with van der Waals surface area (Å²) in [4.78, 5) is 15.4. The molecule has 5 heteroatoms. The van der Waals surface area contributed by atoms with Crippen LogP contribution in [0.2, 0.25) is 0 Å². The number of aromatic nitrogens is 2. The van der Waals surface area contributed by atoms with Crippen LogP contribution in [0.1, 0.15) is 15.9 Å². The van der Waals surface area contributed by atoms with Gasteiger partial charge in [0.15, 0.2) is 0 Å². The highest BCUT2D eigenvalue weighted by Crippen LogP contribution is 2.19. The fourth-order valence-electron chi connectivity index (χ4n) is 1.58. The summed E-state index contributed by atoms with van der Waals surface area (Å²) >= 11 is 0. The van der Waals surface area contributed by atoms with Crippen LogP contribution in [0.15, 0.2) is 18.5 Å². The molecule has 0 aromatic carbocycles. The van der Waals surface area contributed by atoms with E-state index in [0.717, 1.165) is 0 Å². The van der Waals surface area contributed by atoms with Gasteiger partial charge in [-0.3, -0.25) is 0 Å². The molecule has 0 saturated carbocycles. The molecule has 16 heavy (non-hydrogen) atoms. The molecule has 0 aliphatic rings. The Kier molecular flexibility index (Phi) is 2.33. The van der Waals surface area contributed by atoms with Crippen LogP contribution >= 0.6 is 0 Å². The molecule has 0 fully saturated rings. The molecule has 80 valence electrons. The average Bonchev–Trinajstić information content (AvgIpc) is 2.64. The van der Waals surface area contributed by atoms with Crippen LogP contribution in [0.5, 0.6) is 0 Å². The maximum Gasteiger partial charge on any atom is 0.339 e. The first-order valence-corrected chi connectivity index (χ1v) is 4.61. The Bertz CT molecular complexity index is 607. The fraction of sp³-hybridized carbons (Fsp3) is 0.182. The Labute approximate surface area is 91.9 Å². The number of carbonyl (C=O) groups is 1. The molecule has 2 rings (SSSR count). The molecule has 0 bridgehead atoms. The van der Waals surface area contributed by atoms with Crippen molar-refractivity contribution in [3.8, 4) is 6.07 Å². The summed E-state index contributed by atoms with van der Waals surface area (Å²) in [6, 6.07) is 3.68. The van der Waals surface area contributed by atoms with Gasteiger partial charge in [0.05, 0.1) is 18.2 Å². The van der Waals surface area contributed by atoms with Crippen LogP contribution in [0, 0.1) is 11.3 Å². The second kappa shape index (κ2) is 3.66. The number of pyridine rings is 1. The van der Waals surface area contributed by atoms with Crippen molar-refractivity contribution in [2.45, 2.75) is 0 Å². The minimum Gasteiger partial charge on any atom is -0.465 e. The first-order chi connectivity index (χ1) is 7.67. The first kappa shape index (κ1) is 10.2. The van der Waals surface area contributed by atoms with Gasteiger partial charge in [0.2, 0.25) is 0 Å². The molecular weight excluding hydrogens is 206 g/mol. The van der Waals surface area contributed by atoms with Crippen molar-refractivity contribution in [3.63, 3.8) is 0 Å². The lowest BCUT2D eigenvalue weighted by atomic mass is 10.2. The summed E-state index contributed by atoms with van der Waals surface area (Å²) in [6.07, 6.45) is 3.12. The van der Waals surface area contributed by atoms with Gasteiger partial charge in [0, 0.05) is 24.8 Å². The number of methoxy groups -OCH3 is 1. The largest absolute Gasteiger partial charge is 0.465 e. The summed E-state index contributed by atoms with van der Waals surface area (Å²) in [5.74, 6) is -0.456. The van der Waals surface area contributed by atoms with E-state index in [9.17, 15) is 4.79 Å². The molecule has 0 amide bonds. The molecular formula is C11H9N3O2. The van der Waals surface area contributed by atoms with E-state index in [2.05, 4.69) is 15.8 Å². The fourth-order valence-corrected chi connectivity index (χ4v) is 1.58. The van der Waals surface area contributed by atoms with Crippen molar-refractivity contribution >= 4 is 17.0 Å². The van der Waals surface area contributed by atoms with E-state index in [0.29, 0.717) is 22.2 Å². The molecule has 0 aliphatic heterocycles. The van der Waals surface area contributed by atoms with Gasteiger partial charge in [-0.2, -0.15) is 5.26 Å². The summed E-state index contributed by atoms with van der Waals surface area (Å²) in [7, 11) is 3.11. The summed E-state index contributed by atoms with van der Waals surface area (Å²) < 4.78 is 6.34. The molecule has 2 heterocycles. The number of rotatable bonds is 1. The minimum absolute atomic E-state index is 0.345. The Morgan fingerprint density at radius 2 is 2.38 bits per heavy atom. The third-order valence-electron chi connectivity index (χ3n) is 2.36. The number of fused-ring (bicyclic) bond motifs is 1. The van der Waals surface area contributed by atoms with Crippen LogP contribution in [0.3, 0.4) is 0 Å². The highest BCUT2D eigenvalue weighted by Gasteiger charge is 2.12. The van der Waals surface area contributed by atoms with Gasteiger partial charge < -0.3 is 9.30 Å². The number of hydrogen-bond donors (Lipinski definition) is 0. The van der Waals surface area contributed by atoms with Crippen molar-refractivity contribution in [1.82, 2.24) is 9.55 Å². The van der Waals surface area contributed by atoms with E-state index >= 15 is 0 Å². The lowest BCUT2D eigenvalue weighted by Crippen LogP contribution is -2.02. The van der Waals surface area contributed by atoms with Crippen LogP contribution in [0.25, 0.3) is 11.0 Å². The van der Waals surface area contributed by atoms with Crippen LogP contribution in [-0.4, -0.2) is 22.6 Å². The van der Waals surface area contributed by atoms with E-state index in [-0.39, 0.29) is 0 Å². The summed E-state index contributed by atoms with van der Waals surface area (Å²) in [6.45, 7) is 0. The second-order valence-corrected chi connectivity index (χ2v) is 3.35. The zero-order valence-corrected chi connectivity index (χ0v) is 8.89. The molecule has 0 aliphatic carbocycles. The smallest absolute Gasteiger partial charge is 0.339 e. The quantitative estimate of drug-likeness (QED) is 0.671. The van der Waals surface area contributed by atoms with Gasteiger partial charge in [-0.05, 0) is 6.07 Å². The summed E-state index contributed by atoms with van der Waals surface area (Å²) in [5.41, 5.74) is 1.51. The lowest BCUT2D eigenvalue weighted by molar-refractivity contribution is 0.0600. The van der Waals surface area contributed by atoms with Crippen LogP contribution in [0.4, 0.5) is 0 Å². The first-order valence-electron chi connectivity index (χ1n) is 4.61. The molecule has 5 nitrogen and oxygen atoms in total. The third kappa shape index (κ3) is 1.41. The minimum atomic E-state index is -0.456. The number of hydrogen-bond acceptors (Lipinski definition) is 4. The third-order valence-corrected chi connectivity index (χ3v) is 2.36. The molecule has 0 unspecified atom stereocenters. The Morgan fingerprint density at radius 1 is 1.62 bits per heavy atom. The van der Waals surface area contributed by atoms with Crippen molar-refractivity contribution < 1.29 is 9.53 Å². The van der Waals surface area contributed by atoms with Crippen molar-refractivity contribution in [3.05, 3.63) is 29.6 Å². The molecule has 0 N–H and O–H groups in total. The molecule has 2 aromatic heterocycles. The highest BCUT2D eigenvalue weighted by molar-refractivity contribution is 5.94. The van der Waals surface area contributed by atoms with Gasteiger partial charge in [-0.15, -0.1) is 0 Å². The molecule has 2 aromatic rings. The number of aryl methyl sites for hydroxylation is 1. The van der Waals surface area contributed by atoms with Crippen molar-refractivity contribution in [2.75, 3.05) is 7.11 Å². The number of ether oxygens (including phenoxy) is 1. The molecule has 0 saturated heterocycles. The summed E-state index contributed by atoms with van der Waals surface area (Å²) in [5, 5.41) is 9.59. The monoisotopic (exact) mass is 215 g/mol. The van der Waals surface area contributed by atoms with E-state index < -0.39 is 5.97 Å². The zero-order chi connectivity index (χ0) is 11.7. The second-order valence-electron chi connectivity index (χ2n) is 3.35.